The first kappa shape index (κ1) is 16.6. The Labute approximate surface area is 140 Å². The minimum Gasteiger partial charge on any atom is -0.288 e. The lowest BCUT2D eigenvalue weighted by atomic mass is 10.1. The molecule has 0 spiro atoms. The molecule has 2 aromatic carbocycles. The summed E-state index contributed by atoms with van der Waals surface area (Å²) in [7, 11) is 0. The molecule has 1 aliphatic heterocycles. The zero-order chi connectivity index (χ0) is 17.0. The van der Waals surface area contributed by atoms with E-state index >= 15 is 0 Å². The van der Waals surface area contributed by atoms with Gasteiger partial charge in [0.1, 0.15) is 31.3 Å². The molecular weight excluding hydrogens is 308 g/mol. The molecule has 1 fully saturated rings. The summed E-state index contributed by atoms with van der Waals surface area (Å²) in [6, 6.07) is 13.4. The van der Waals surface area contributed by atoms with Crippen molar-refractivity contribution in [2.45, 2.75) is 13.1 Å². The molecule has 1 aliphatic rings. The molecular formula is C19H20F2N3+. The highest BCUT2D eigenvalue weighted by atomic mass is 19.1. The van der Waals surface area contributed by atoms with Crippen molar-refractivity contribution in [2.75, 3.05) is 26.2 Å². The number of nitriles is 1. The Kier molecular flexibility index (Phi) is 4.89. The lowest BCUT2D eigenvalue weighted by molar-refractivity contribution is -0.884. The quantitative estimate of drug-likeness (QED) is 0.636. The van der Waals surface area contributed by atoms with Crippen LogP contribution in [-0.2, 0) is 13.1 Å². The van der Waals surface area contributed by atoms with Gasteiger partial charge in [-0.25, -0.2) is 13.3 Å². The second-order valence-corrected chi connectivity index (χ2v) is 6.31. The maximum Gasteiger partial charge on any atom is 0.308 e. The topological polar surface area (TPSA) is 27.0 Å². The van der Waals surface area contributed by atoms with Crippen LogP contribution in [0.4, 0.5) is 8.78 Å². The van der Waals surface area contributed by atoms with Crippen LogP contribution in [-0.4, -0.2) is 35.6 Å². The van der Waals surface area contributed by atoms with Gasteiger partial charge in [0.15, 0.2) is 0 Å². The van der Waals surface area contributed by atoms with Crippen LogP contribution in [0.15, 0.2) is 48.5 Å². The van der Waals surface area contributed by atoms with Gasteiger partial charge in [0.25, 0.3) is 0 Å². The molecule has 24 heavy (non-hydrogen) atoms. The van der Waals surface area contributed by atoms with Crippen molar-refractivity contribution in [3.05, 3.63) is 71.3 Å². The van der Waals surface area contributed by atoms with E-state index in [1.165, 1.54) is 12.1 Å². The Bertz CT molecular complexity index is 746. The summed E-state index contributed by atoms with van der Waals surface area (Å²) in [4.78, 5) is 2.15. The molecule has 0 aromatic heterocycles. The van der Waals surface area contributed by atoms with E-state index in [1.807, 2.05) is 6.07 Å². The minimum absolute atomic E-state index is 0.199. The van der Waals surface area contributed by atoms with Crippen LogP contribution in [0.3, 0.4) is 0 Å². The molecule has 0 radical (unpaired) electrons. The first-order valence-electron chi connectivity index (χ1n) is 8.08. The van der Waals surface area contributed by atoms with Gasteiger partial charge in [0, 0.05) is 30.8 Å². The predicted octanol–water partition coefficient (Wildman–Crippen LogP) is 3.28. The Morgan fingerprint density at radius 1 is 0.917 bits per heavy atom. The van der Waals surface area contributed by atoms with Crippen LogP contribution < -0.4 is 0 Å². The first-order chi connectivity index (χ1) is 11.6. The molecule has 1 saturated heterocycles. The highest BCUT2D eigenvalue weighted by Gasteiger charge is 2.34. The van der Waals surface area contributed by atoms with Crippen molar-refractivity contribution in [1.29, 1.82) is 5.26 Å². The summed E-state index contributed by atoms with van der Waals surface area (Å²) < 4.78 is 27.9. The number of hydrogen-bond donors (Lipinski definition) is 0. The molecule has 3 nitrogen and oxygen atoms in total. The van der Waals surface area contributed by atoms with Crippen molar-refractivity contribution in [2.24, 2.45) is 0 Å². The zero-order valence-corrected chi connectivity index (χ0v) is 13.5. The Hall–Kier alpha value is -2.29. The highest BCUT2D eigenvalue weighted by Crippen LogP contribution is 2.21. The predicted molar refractivity (Wildman–Crippen MR) is 87.4 cm³/mol. The molecule has 0 saturated carbocycles. The summed E-state index contributed by atoms with van der Waals surface area (Å²) >= 11 is 0. The van der Waals surface area contributed by atoms with Crippen LogP contribution in [0.25, 0.3) is 0 Å². The maximum atomic E-state index is 13.9. The fraction of sp³-hybridized carbons (Fsp3) is 0.316. The summed E-state index contributed by atoms with van der Waals surface area (Å²) in [5.74, 6) is -0.463. The van der Waals surface area contributed by atoms with Gasteiger partial charge >= 0.3 is 6.19 Å². The number of rotatable bonds is 4. The Morgan fingerprint density at radius 2 is 1.46 bits per heavy atom. The summed E-state index contributed by atoms with van der Waals surface area (Å²) in [5, 5.41) is 9.64. The average Bonchev–Trinajstić information content (AvgIpc) is 2.61. The Balaban J connectivity index is 1.65. The van der Waals surface area contributed by atoms with Crippen molar-refractivity contribution in [3.8, 4) is 6.19 Å². The number of nitrogens with zero attached hydrogens (tertiary/aromatic N) is 3. The second-order valence-electron chi connectivity index (χ2n) is 6.31. The number of quaternary nitrogens is 1. The van der Waals surface area contributed by atoms with Gasteiger partial charge in [-0.15, -0.1) is 5.26 Å². The normalized spacial score (nSPS) is 17.4. The molecule has 2 aromatic rings. The average molecular weight is 328 g/mol. The smallest absolute Gasteiger partial charge is 0.288 e. The number of halogens is 2. The number of benzene rings is 2. The molecule has 0 atom stereocenters. The van der Waals surface area contributed by atoms with Gasteiger partial charge in [-0.05, 0) is 12.1 Å². The van der Waals surface area contributed by atoms with Crippen LogP contribution in [0.5, 0.6) is 0 Å². The van der Waals surface area contributed by atoms with Crippen LogP contribution in [0.1, 0.15) is 11.1 Å². The van der Waals surface area contributed by atoms with E-state index in [9.17, 15) is 14.0 Å². The van der Waals surface area contributed by atoms with Crippen molar-refractivity contribution >= 4 is 0 Å². The summed E-state index contributed by atoms with van der Waals surface area (Å²) in [5.41, 5.74) is 1.24. The number of hydrogen-bond acceptors (Lipinski definition) is 2. The number of piperazine rings is 1. The second kappa shape index (κ2) is 7.08. The largest absolute Gasteiger partial charge is 0.308 e. The Morgan fingerprint density at radius 3 is 2.00 bits per heavy atom. The maximum absolute atomic E-state index is 13.9. The van der Waals surface area contributed by atoms with Crippen LogP contribution in [0, 0.1) is 23.1 Å². The molecule has 3 rings (SSSR count). The van der Waals surface area contributed by atoms with Gasteiger partial charge in [-0.2, -0.15) is 0 Å². The van der Waals surface area contributed by atoms with Gasteiger partial charge in [0.2, 0.25) is 0 Å². The molecule has 0 unspecified atom stereocenters. The highest BCUT2D eigenvalue weighted by molar-refractivity contribution is 5.18. The fourth-order valence-corrected chi connectivity index (χ4v) is 3.16. The molecule has 0 aliphatic carbocycles. The van der Waals surface area contributed by atoms with E-state index in [-0.39, 0.29) is 16.1 Å². The van der Waals surface area contributed by atoms with E-state index in [2.05, 4.69) is 11.1 Å². The SMILES string of the molecule is N#C[N+]1(Cc2ccccc2F)CCN(Cc2ccccc2F)CC1. The third-order valence-corrected chi connectivity index (χ3v) is 4.68. The molecule has 5 heteroatoms. The molecule has 124 valence electrons. The van der Waals surface area contributed by atoms with Crippen molar-refractivity contribution in [3.63, 3.8) is 0 Å². The fourth-order valence-electron chi connectivity index (χ4n) is 3.16. The zero-order valence-electron chi connectivity index (χ0n) is 13.5. The van der Waals surface area contributed by atoms with Crippen molar-refractivity contribution < 1.29 is 13.3 Å². The minimum atomic E-state index is -0.265. The third-order valence-electron chi connectivity index (χ3n) is 4.68. The molecule has 0 N–H and O–H groups in total. The van der Waals surface area contributed by atoms with Crippen LogP contribution >= 0.6 is 0 Å². The van der Waals surface area contributed by atoms with E-state index in [1.54, 1.807) is 30.3 Å². The van der Waals surface area contributed by atoms with E-state index in [4.69, 9.17) is 0 Å². The summed E-state index contributed by atoms with van der Waals surface area (Å²) in [6.07, 6.45) is 2.36. The molecule has 0 bridgehead atoms. The first-order valence-corrected chi connectivity index (χ1v) is 8.08. The van der Waals surface area contributed by atoms with Gasteiger partial charge in [-0.3, -0.25) is 4.90 Å². The molecule has 0 amide bonds. The lowest BCUT2D eigenvalue weighted by Crippen LogP contribution is -2.56. The summed E-state index contributed by atoms with van der Waals surface area (Å²) in [6.45, 7) is 3.51. The standard InChI is InChI=1S/C19H20F2N3/c20-18-7-3-1-5-16(18)13-23-9-11-24(15-22,12-10-23)14-17-6-2-4-8-19(17)21/h1-8H,9-14H2/q+1. The van der Waals surface area contributed by atoms with Crippen molar-refractivity contribution in [1.82, 2.24) is 4.90 Å². The van der Waals surface area contributed by atoms with Gasteiger partial charge < -0.3 is 0 Å². The van der Waals surface area contributed by atoms with Gasteiger partial charge in [-0.1, -0.05) is 36.4 Å². The van der Waals surface area contributed by atoms with Gasteiger partial charge in [0.05, 0.1) is 0 Å². The van der Waals surface area contributed by atoms with E-state index in [0.717, 1.165) is 0 Å². The molecule has 1 heterocycles. The lowest BCUT2D eigenvalue weighted by Gasteiger charge is -2.38. The monoisotopic (exact) mass is 328 g/mol. The van der Waals surface area contributed by atoms with Crippen LogP contribution in [0.2, 0.25) is 0 Å². The third kappa shape index (κ3) is 3.61. The van der Waals surface area contributed by atoms with E-state index in [0.29, 0.717) is 50.4 Å². The van der Waals surface area contributed by atoms with E-state index < -0.39 is 0 Å².